The highest BCUT2D eigenvalue weighted by Crippen LogP contribution is 2.41. The van der Waals surface area contributed by atoms with Crippen LogP contribution in [-0.2, 0) is 31.1 Å². The van der Waals surface area contributed by atoms with E-state index in [9.17, 15) is 23.2 Å². The molecule has 3 aliphatic rings. The zero-order chi connectivity index (χ0) is 32.9. The van der Waals surface area contributed by atoms with Gasteiger partial charge < -0.3 is 14.6 Å². The largest absolute Gasteiger partial charge is 0.416 e. The average molecular weight is 643 g/mol. The summed E-state index contributed by atoms with van der Waals surface area (Å²) < 4.78 is 50.4. The maximum absolute atomic E-state index is 14.4. The minimum Gasteiger partial charge on any atom is -0.379 e. The van der Waals surface area contributed by atoms with Gasteiger partial charge in [0.15, 0.2) is 5.82 Å². The van der Waals surface area contributed by atoms with E-state index in [2.05, 4.69) is 21.6 Å². The number of ether oxygens (including phenoxy) is 1. The predicted octanol–water partition coefficient (Wildman–Crippen LogP) is 5.64. The smallest absolute Gasteiger partial charge is 0.379 e. The molecule has 10 nitrogen and oxygen atoms in total. The molecular weight excluding hydrogens is 609 g/mol. The molecule has 242 valence electrons. The van der Waals surface area contributed by atoms with E-state index in [-0.39, 0.29) is 36.1 Å². The summed E-state index contributed by atoms with van der Waals surface area (Å²) in [6, 6.07) is 13.6. The van der Waals surface area contributed by atoms with Crippen LogP contribution in [-0.4, -0.2) is 63.4 Å². The molecule has 1 amide bonds. The number of halogens is 3. The number of amides is 1. The number of rotatable bonds is 10. The van der Waals surface area contributed by atoms with Crippen molar-refractivity contribution in [3.63, 3.8) is 0 Å². The van der Waals surface area contributed by atoms with E-state index >= 15 is 0 Å². The zero-order valence-corrected chi connectivity index (χ0v) is 26.0. The van der Waals surface area contributed by atoms with Crippen LogP contribution in [0.2, 0.25) is 0 Å². The van der Waals surface area contributed by atoms with Crippen molar-refractivity contribution in [1.82, 2.24) is 24.6 Å². The third-order valence-electron chi connectivity index (χ3n) is 9.13. The summed E-state index contributed by atoms with van der Waals surface area (Å²) in [5.74, 6) is 1.39. The summed E-state index contributed by atoms with van der Waals surface area (Å²) >= 11 is 0. The summed E-state index contributed by atoms with van der Waals surface area (Å²) in [6.45, 7) is 1.90. The van der Waals surface area contributed by atoms with E-state index in [1.165, 1.54) is 17.7 Å². The van der Waals surface area contributed by atoms with Crippen LogP contribution >= 0.6 is 0 Å². The Balaban J connectivity index is 1.29. The number of alkyl halides is 3. The second kappa shape index (κ2) is 12.1. The first-order valence-electron chi connectivity index (χ1n) is 15.6. The van der Waals surface area contributed by atoms with Crippen molar-refractivity contribution in [2.45, 2.75) is 44.6 Å². The van der Waals surface area contributed by atoms with Gasteiger partial charge in [-0.2, -0.15) is 18.4 Å². The van der Waals surface area contributed by atoms with Gasteiger partial charge in [0.2, 0.25) is 0 Å². The Morgan fingerprint density at radius 3 is 2.57 bits per heavy atom. The number of carbonyl (C=O) groups excluding carboxylic acids is 1. The number of nitrogens with one attached hydrogen (secondary N) is 1. The van der Waals surface area contributed by atoms with Gasteiger partial charge >= 0.3 is 6.18 Å². The van der Waals surface area contributed by atoms with E-state index in [1.54, 1.807) is 48.3 Å². The topological polar surface area (TPSA) is 112 Å². The van der Waals surface area contributed by atoms with Gasteiger partial charge in [0.1, 0.15) is 18.0 Å². The van der Waals surface area contributed by atoms with Crippen LogP contribution < -0.4 is 10.2 Å². The van der Waals surface area contributed by atoms with Gasteiger partial charge in [0, 0.05) is 51.5 Å². The lowest BCUT2D eigenvalue weighted by Crippen LogP contribution is -2.50. The standard InChI is InChI=1S/C34H33F3N8O2/c1-43-19-40-42-32(43)25-6-5-21(14-38)9-26(25)23-12-30(39-8-7-20-3-4-20)41-31(13-23)45-18-28-27(33(45)46)10-22(11-29(28)34(35,36)37)15-44-16-24(17-44)47-2/h5-6,9-13,19-20,24H,3-4,7-8,15-18H2,1-2H3,(H,39,41). The monoisotopic (exact) mass is 642 g/mol. The number of hydrogen-bond acceptors (Lipinski definition) is 8. The summed E-state index contributed by atoms with van der Waals surface area (Å²) in [4.78, 5) is 22.0. The van der Waals surface area contributed by atoms with Crippen LogP contribution in [0.3, 0.4) is 0 Å². The SMILES string of the molecule is COC1CN(Cc2cc3c(c(C(F)(F)F)c2)CN(c2cc(-c4cc(C#N)ccc4-c4nncn4C)cc(NCCC4CC4)n2)C3=O)C1. The molecule has 1 aliphatic carbocycles. The van der Waals surface area contributed by atoms with E-state index in [1.807, 2.05) is 18.0 Å². The molecule has 47 heavy (non-hydrogen) atoms. The van der Waals surface area contributed by atoms with Crippen molar-refractivity contribution in [3.8, 4) is 28.6 Å². The van der Waals surface area contributed by atoms with Crippen LogP contribution in [0.15, 0.2) is 48.8 Å². The molecule has 4 heterocycles. The molecule has 0 radical (unpaired) electrons. The average Bonchev–Trinajstić information content (AvgIpc) is 3.67. The molecule has 0 unspecified atom stereocenters. The van der Waals surface area contributed by atoms with Crippen LogP contribution in [0, 0.1) is 17.2 Å². The van der Waals surface area contributed by atoms with E-state index in [0.29, 0.717) is 65.0 Å². The summed E-state index contributed by atoms with van der Waals surface area (Å²) in [5.41, 5.74) is 1.98. The van der Waals surface area contributed by atoms with E-state index < -0.39 is 17.6 Å². The molecule has 13 heteroatoms. The Labute approximate surface area is 269 Å². The Morgan fingerprint density at radius 2 is 1.89 bits per heavy atom. The van der Waals surface area contributed by atoms with Crippen molar-refractivity contribution in [2.24, 2.45) is 13.0 Å². The second-order valence-electron chi connectivity index (χ2n) is 12.5. The number of nitriles is 1. The fourth-order valence-electron chi connectivity index (χ4n) is 6.34. The molecule has 2 aromatic heterocycles. The third kappa shape index (κ3) is 6.18. The number of fused-ring (bicyclic) bond motifs is 1. The van der Waals surface area contributed by atoms with Crippen molar-refractivity contribution >= 4 is 17.5 Å². The molecule has 1 saturated heterocycles. The summed E-state index contributed by atoms with van der Waals surface area (Å²) in [6.07, 6.45) is 0.327. The highest BCUT2D eigenvalue weighted by molar-refractivity contribution is 6.10. The maximum atomic E-state index is 14.4. The third-order valence-corrected chi connectivity index (χ3v) is 9.13. The maximum Gasteiger partial charge on any atom is 0.416 e. The molecule has 0 atom stereocenters. The zero-order valence-electron chi connectivity index (χ0n) is 26.0. The van der Waals surface area contributed by atoms with Crippen molar-refractivity contribution in [3.05, 3.63) is 76.6 Å². The normalized spacial score (nSPS) is 16.7. The number of nitrogens with zero attached hydrogens (tertiary/aromatic N) is 7. The fourth-order valence-corrected chi connectivity index (χ4v) is 6.34. The minimum absolute atomic E-state index is 0.0281. The minimum atomic E-state index is -4.64. The summed E-state index contributed by atoms with van der Waals surface area (Å²) in [7, 11) is 3.42. The number of anilines is 2. The lowest BCUT2D eigenvalue weighted by molar-refractivity contribution is -0.138. The van der Waals surface area contributed by atoms with Gasteiger partial charge in [-0.1, -0.05) is 12.8 Å². The Hall–Kier alpha value is -4.80. The quantitative estimate of drug-likeness (QED) is 0.237. The molecule has 4 aromatic rings. The number of methoxy groups -OCH3 is 1. The van der Waals surface area contributed by atoms with Gasteiger partial charge in [0.05, 0.1) is 29.8 Å². The van der Waals surface area contributed by atoms with Gasteiger partial charge in [-0.05, 0) is 77.1 Å². The van der Waals surface area contributed by atoms with Crippen LogP contribution in [0.4, 0.5) is 24.8 Å². The van der Waals surface area contributed by atoms with Gasteiger partial charge in [-0.15, -0.1) is 10.2 Å². The van der Waals surface area contributed by atoms with Crippen LogP contribution in [0.5, 0.6) is 0 Å². The van der Waals surface area contributed by atoms with Crippen LogP contribution in [0.25, 0.3) is 22.5 Å². The molecule has 7 rings (SSSR count). The number of pyridine rings is 1. The number of aromatic nitrogens is 4. The van der Waals surface area contributed by atoms with Crippen LogP contribution in [0.1, 0.15) is 51.9 Å². The van der Waals surface area contributed by atoms with Gasteiger partial charge in [-0.3, -0.25) is 14.6 Å². The molecule has 1 N–H and O–H groups in total. The molecule has 2 fully saturated rings. The highest BCUT2D eigenvalue weighted by Gasteiger charge is 2.41. The molecule has 0 spiro atoms. The molecule has 2 aromatic carbocycles. The lowest BCUT2D eigenvalue weighted by Gasteiger charge is -2.38. The molecule has 2 aliphatic heterocycles. The Morgan fingerprint density at radius 1 is 1.09 bits per heavy atom. The number of likely N-dealkylation sites (tertiary alicyclic amines) is 1. The van der Waals surface area contributed by atoms with Gasteiger partial charge in [0.25, 0.3) is 5.91 Å². The van der Waals surface area contributed by atoms with E-state index in [4.69, 9.17) is 9.72 Å². The highest BCUT2D eigenvalue weighted by atomic mass is 19.4. The second-order valence-corrected chi connectivity index (χ2v) is 12.5. The lowest BCUT2D eigenvalue weighted by atomic mass is 9.97. The number of hydrogen-bond donors (Lipinski definition) is 1. The fraction of sp³-hybridized carbons (Fsp3) is 0.382. The number of aryl methyl sites for hydroxylation is 1. The first-order valence-corrected chi connectivity index (χ1v) is 15.6. The summed E-state index contributed by atoms with van der Waals surface area (Å²) in [5, 5.41) is 21.4. The molecular formula is C34H33F3N8O2. The Kier molecular flexibility index (Phi) is 7.93. The van der Waals surface area contributed by atoms with Crippen molar-refractivity contribution in [2.75, 3.05) is 37.0 Å². The first kappa shape index (κ1) is 30.8. The number of benzene rings is 2. The number of carbonyl (C=O) groups is 1. The molecule has 1 saturated carbocycles. The van der Waals surface area contributed by atoms with Crippen molar-refractivity contribution < 1.29 is 22.7 Å². The predicted molar refractivity (Wildman–Crippen MR) is 168 cm³/mol. The van der Waals surface area contributed by atoms with Gasteiger partial charge in [-0.25, -0.2) is 4.98 Å². The first-order chi connectivity index (χ1) is 22.6. The Bertz CT molecular complexity index is 1890. The molecule has 0 bridgehead atoms. The van der Waals surface area contributed by atoms with E-state index in [0.717, 1.165) is 12.5 Å². The van der Waals surface area contributed by atoms with Crippen molar-refractivity contribution in [1.29, 1.82) is 5.26 Å².